The standard InChI is InChI=1S/C9H8Cl2F3NO/c10-6-1-5(3-15)2-7(11)8(6)16-4-9(12,13)14/h1-2H,3-4,15H2. The molecule has 0 atom stereocenters. The van der Waals surface area contributed by atoms with Crippen molar-refractivity contribution in [3.05, 3.63) is 27.7 Å². The first-order chi connectivity index (χ1) is 7.33. The molecular weight excluding hydrogens is 266 g/mol. The van der Waals surface area contributed by atoms with Crippen molar-refractivity contribution < 1.29 is 17.9 Å². The number of benzene rings is 1. The summed E-state index contributed by atoms with van der Waals surface area (Å²) < 4.78 is 40.3. The molecule has 1 aromatic carbocycles. The summed E-state index contributed by atoms with van der Waals surface area (Å²) in [5.41, 5.74) is 5.96. The van der Waals surface area contributed by atoms with Gasteiger partial charge in [-0.15, -0.1) is 0 Å². The quantitative estimate of drug-likeness (QED) is 0.916. The molecule has 0 aliphatic carbocycles. The Balaban J connectivity index is 2.88. The van der Waals surface area contributed by atoms with Crippen molar-refractivity contribution in [2.45, 2.75) is 12.7 Å². The van der Waals surface area contributed by atoms with Gasteiger partial charge in [0.2, 0.25) is 0 Å². The molecule has 16 heavy (non-hydrogen) atoms. The van der Waals surface area contributed by atoms with Gasteiger partial charge in [0.1, 0.15) is 0 Å². The Morgan fingerprint density at radius 3 is 2.06 bits per heavy atom. The van der Waals surface area contributed by atoms with E-state index in [2.05, 4.69) is 4.74 Å². The molecule has 90 valence electrons. The normalized spacial score (nSPS) is 11.6. The van der Waals surface area contributed by atoms with Crippen LogP contribution in [-0.4, -0.2) is 12.8 Å². The maximum absolute atomic E-state index is 11.9. The van der Waals surface area contributed by atoms with Crippen LogP contribution in [0.3, 0.4) is 0 Å². The number of nitrogens with two attached hydrogens (primary N) is 1. The van der Waals surface area contributed by atoms with Gasteiger partial charge in [0.15, 0.2) is 12.4 Å². The van der Waals surface area contributed by atoms with E-state index in [0.717, 1.165) is 0 Å². The molecule has 0 aromatic heterocycles. The van der Waals surface area contributed by atoms with E-state index in [9.17, 15) is 13.2 Å². The zero-order valence-electron chi connectivity index (χ0n) is 7.94. The Kier molecular flexibility index (Phi) is 4.29. The average Bonchev–Trinajstić information content (AvgIpc) is 2.14. The molecule has 0 heterocycles. The minimum absolute atomic E-state index is 0.0113. The fourth-order valence-corrected chi connectivity index (χ4v) is 1.66. The molecule has 0 spiro atoms. The monoisotopic (exact) mass is 273 g/mol. The highest BCUT2D eigenvalue weighted by Gasteiger charge is 2.29. The molecule has 0 amide bonds. The van der Waals surface area contributed by atoms with Gasteiger partial charge in [-0.2, -0.15) is 13.2 Å². The fourth-order valence-electron chi connectivity index (χ4n) is 1.02. The Morgan fingerprint density at radius 1 is 1.19 bits per heavy atom. The summed E-state index contributed by atoms with van der Waals surface area (Å²) in [5.74, 6) is -0.183. The van der Waals surface area contributed by atoms with Gasteiger partial charge in [-0.1, -0.05) is 23.2 Å². The molecule has 0 saturated carbocycles. The molecular formula is C9H8Cl2F3NO. The lowest BCUT2D eigenvalue weighted by Crippen LogP contribution is -2.19. The number of hydrogen-bond donors (Lipinski definition) is 1. The molecule has 0 aliphatic rings. The van der Waals surface area contributed by atoms with Crippen molar-refractivity contribution in [2.24, 2.45) is 5.73 Å². The van der Waals surface area contributed by atoms with Gasteiger partial charge in [-0.3, -0.25) is 0 Å². The van der Waals surface area contributed by atoms with Crippen molar-refractivity contribution in [3.63, 3.8) is 0 Å². The largest absolute Gasteiger partial charge is 0.481 e. The predicted octanol–water partition coefficient (Wildman–Crippen LogP) is 3.39. The van der Waals surface area contributed by atoms with E-state index in [1.807, 2.05) is 0 Å². The lowest BCUT2D eigenvalue weighted by atomic mass is 10.2. The topological polar surface area (TPSA) is 35.2 Å². The van der Waals surface area contributed by atoms with Crippen LogP contribution in [0.4, 0.5) is 13.2 Å². The van der Waals surface area contributed by atoms with E-state index in [-0.39, 0.29) is 22.3 Å². The van der Waals surface area contributed by atoms with E-state index < -0.39 is 12.8 Å². The number of hydrogen-bond acceptors (Lipinski definition) is 2. The third-order valence-corrected chi connectivity index (χ3v) is 2.24. The molecule has 1 rings (SSSR count). The lowest BCUT2D eigenvalue weighted by Gasteiger charge is -2.12. The SMILES string of the molecule is NCc1cc(Cl)c(OCC(F)(F)F)c(Cl)c1. The highest BCUT2D eigenvalue weighted by Crippen LogP contribution is 2.35. The summed E-state index contributed by atoms with van der Waals surface area (Å²) in [6.07, 6.45) is -4.43. The molecule has 0 bridgehead atoms. The number of halogens is 5. The summed E-state index contributed by atoms with van der Waals surface area (Å²) >= 11 is 11.4. The van der Waals surface area contributed by atoms with Crippen LogP contribution in [0.25, 0.3) is 0 Å². The zero-order valence-corrected chi connectivity index (χ0v) is 9.46. The van der Waals surface area contributed by atoms with Crippen molar-refractivity contribution in [1.29, 1.82) is 0 Å². The Hall–Kier alpha value is -0.650. The van der Waals surface area contributed by atoms with Crippen LogP contribution in [-0.2, 0) is 6.54 Å². The van der Waals surface area contributed by atoms with Crippen molar-refractivity contribution in [1.82, 2.24) is 0 Å². The molecule has 2 N–H and O–H groups in total. The average molecular weight is 274 g/mol. The maximum Gasteiger partial charge on any atom is 0.422 e. The van der Waals surface area contributed by atoms with Crippen LogP contribution in [0.1, 0.15) is 5.56 Å². The second-order valence-electron chi connectivity index (χ2n) is 3.00. The van der Waals surface area contributed by atoms with E-state index >= 15 is 0 Å². The second-order valence-corrected chi connectivity index (χ2v) is 3.81. The third-order valence-electron chi connectivity index (χ3n) is 1.67. The van der Waals surface area contributed by atoms with Gasteiger partial charge < -0.3 is 10.5 Å². The Bertz CT molecular complexity index is 359. The van der Waals surface area contributed by atoms with Crippen molar-refractivity contribution >= 4 is 23.2 Å². The van der Waals surface area contributed by atoms with Crippen LogP contribution in [0.15, 0.2) is 12.1 Å². The number of rotatable bonds is 3. The van der Waals surface area contributed by atoms with Gasteiger partial charge in [0.05, 0.1) is 10.0 Å². The molecule has 0 saturated heterocycles. The minimum atomic E-state index is -4.43. The van der Waals surface area contributed by atoms with Crippen LogP contribution in [0.5, 0.6) is 5.75 Å². The molecule has 2 nitrogen and oxygen atoms in total. The highest BCUT2D eigenvalue weighted by molar-refractivity contribution is 6.37. The summed E-state index contributed by atoms with van der Waals surface area (Å²) in [4.78, 5) is 0. The zero-order chi connectivity index (χ0) is 12.3. The first-order valence-corrected chi connectivity index (χ1v) is 4.96. The minimum Gasteiger partial charge on any atom is -0.481 e. The molecule has 0 fully saturated rings. The van der Waals surface area contributed by atoms with Gasteiger partial charge in [0.25, 0.3) is 0 Å². The van der Waals surface area contributed by atoms with E-state index in [0.29, 0.717) is 5.56 Å². The van der Waals surface area contributed by atoms with Crippen LogP contribution in [0.2, 0.25) is 10.0 Å². The smallest absolute Gasteiger partial charge is 0.422 e. The molecule has 0 unspecified atom stereocenters. The Morgan fingerprint density at radius 2 is 1.69 bits per heavy atom. The summed E-state index contributed by atoms with van der Waals surface area (Å²) in [7, 11) is 0. The summed E-state index contributed by atoms with van der Waals surface area (Å²) in [6, 6.07) is 2.83. The van der Waals surface area contributed by atoms with Gasteiger partial charge in [0, 0.05) is 6.54 Å². The molecule has 7 heteroatoms. The number of ether oxygens (including phenoxy) is 1. The van der Waals surface area contributed by atoms with E-state index in [4.69, 9.17) is 28.9 Å². The fraction of sp³-hybridized carbons (Fsp3) is 0.333. The number of alkyl halides is 3. The Labute approximate surface area is 100 Å². The molecule has 0 radical (unpaired) electrons. The lowest BCUT2D eigenvalue weighted by molar-refractivity contribution is -0.153. The summed E-state index contributed by atoms with van der Waals surface area (Å²) in [5, 5.41) is 0.0226. The van der Waals surface area contributed by atoms with Crippen molar-refractivity contribution in [3.8, 4) is 5.75 Å². The second kappa shape index (κ2) is 5.12. The first kappa shape index (κ1) is 13.4. The van der Waals surface area contributed by atoms with E-state index in [1.54, 1.807) is 0 Å². The van der Waals surface area contributed by atoms with Crippen molar-refractivity contribution in [2.75, 3.05) is 6.61 Å². The highest BCUT2D eigenvalue weighted by atomic mass is 35.5. The predicted molar refractivity (Wildman–Crippen MR) is 55.9 cm³/mol. The molecule has 0 aliphatic heterocycles. The summed E-state index contributed by atoms with van der Waals surface area (Å²) in [6.45, 7) is -1.24. The maximum atomic E-state index is 11.9. The van der Waals surface area contributed by atoms with Crippen LogP contribution >= 0.6 is 23.2 Å². The third kappa shape index (κ3) is 3.73. The van der Waals surface area contributed by atoms with Gasteiger partial charge in [-0.05, 0) is 17.7 Å². The first-order valence-electron chi connectivity index (χ1n) is 4.21. The van der Waals surface area contributed by atoms with Crippen LogP contribution in [0, 0.1) is 0 Å². The van der Waals surface area contributed by atoms with Crippen LogP contribution < -0.4 is 10.5 Å². The molecule has 1 aromatic rings. The van der Waals surface area contributed by atoms with Gasteiger partial charge >= 0.3 is 6.18 Å². The van der Waals surface area contributed by atoms with Gasteiger partial charge in [-0.25, -0.2) is 0 Å². The van der Waals surface area contributed by atoms with E-state index in [1.165, 1.54) is 12.1 Å².